The second-order valence-electron chi connectivity index (χ2n) is 6.76. The van der Waals surface area contributed by atoms with Crippen molar-refractivity contribution < 1.29 is 4.79 Å². The van der Waals surface area contributed by atoms with Crippen molar-refractivity contribution in [3.8, 4) is 5.69 Å². The average Bonchev–Trinajstić information content (AvgIpc) is 3.23. The molecule has 1 aromatic heterocycles. The summed E-state index contributed by atoms with van der Waals surface area (Å²) in [5, 5.41) is 7.83. The molecule has 0 saturated carbocycles. The third-order valence-electron chi connectivity index (χ3n) is 4.47. The van der Waals surface area contributed by atoms with E-state index >= 15 is 0 Å². The van der Waals surface area contributed by atoms with Crippen molar-refractivity contribution in [1.82, 2.24) is 9.78 Å². The number of hydrogen-bond acceptors (Lipinski definition) is 3. The van der Waals surface area contributed by atoms with Crippen LogP contribution in [-0.2, 0) is 16.3 Å². The Morgan fingerprint density at radius 3 is 2.59 bits per heavy atom. The third-order valence-corrected chi connectivity index (χ3v) is 5.44. The van der Waals surface area contributed by atoms with Gasteiger partial charge in [-0.2, -0.15) is 16.9 Å². The average molecular weight is 375 g/mol. The molecule has 0 bridgehead atoms. The standard InChI is InChI=1S/C22H21N3OS/c1-15-10-16(2)12-18(11-15)25-22(19-13-27-14-20(19)24-25)23-21(26)9-8-17-6-4-3-5-7-17/h3-12H,13-14H2,1-2H3,(H,23,26). The Morgan fingerprint density at radius 2 is 1.85 bits per heavy atom. The van der Waals surface area contributed by atoms with Crippen molar-refractivity contribution in [2.75, 3.05) is 5.32 Å². The fourth-order valence-corrected chi connectivity index (χ4v) is 4.33. The molecule has 0 unspecified atom stereocenters. The number of aromatic nitrogens is 2. The summed E-state index contributed by atoms with van der Waals surface area (Å²) in [5.41, 5.74) is 6.51. The van der Waals surface area contributed by atoms with Gasteiger partial charge in [-0.3, -0.25) is 4.79 Å². The van der Waals surface area contributed by atoms with E-state index in [1.54, 1.807) is 6.08 Å². The summed E-state index contributed by atoms with van der Waals surface area (Å²) in [7, 11) is 0. The SMILES string of the molecule is Cc1cc(C)cc(-n2nc3c(c2NC(=O)C=Cc2ccccc2)CSC3)c1. The van der Waals surface area contributed by atoms with Crippen molar-refractivity contribution in [1.29, 1.82) is 0 Å². The van der Waals surface area contributed by atoms with Crippen LogP contribution in [0.5, 0.6) is 0 Å². The minimum atomic E-state index is -0.149. The number of rotatable bonds is 4. The second-order valence-corrected chi connectivity index (χ2v) is 7.74. The van der Waals surface area contributed by atoms with E-state index in [0.29, 0.717) is 0 Å². The maximum atomic E-state index is 12.6. The number of benzene rings is 2. The van der Waals surface area contributed by atoms with Crippen molar-refractivity contribution in [2.24, 2.45) is 0 Å². The zero-order valence-corrected chi connectivity index (χ0v) is 16.2. The van der Waals surface area contributed by atoms with Crippen LogP contribution in [0.1, 0.15) is 27.9 Å². The number of fused-ring (bicyclic) bond motifs is 1. The number of thioether (sulfide) groups is 1. The summed E-state index contributed by atoms with van der Waals surface area (Å²) in [5.74, 6) is 2.39. The highest BCUT2D eigenvalue weighted by molar-refractivity contribution is 7.98. The third kappa shape index (κ3) is 3.83. The Labute approximate surface area is 163 Å². The Morgan fingerprint density at radius 1 is 1.11 bits per heavy atom. The van der Waals surface area contributed by atoms with Crippen molar-refractivity contribution in [3.05, 3.63) is 82.6 Å². The maximum absolute atomic E-state index is 12.6. The molecule has 0 spiro atoms. The van der Waals surface area contributed by atoms with E-state index in [1.165, 1.54) is 11.1 Å². The van der Waals surface area contributed by atoms with Gasteiger partial charge in [-0.15, -0.1) is 0 Å². The lowest BCUT2D eigenvalue weighted by atomic mass is 10.1. The molecule has 27 heavy (non-hydrogen) atoms. The first-order valence-corrected chi connectivity index (χ1v) is 10.1. The highest BCUT2D eigenvalue weighted by atomic mass is 32.2. The smallest absolute Gasteiger partial charge is 0.249 e. The van der Waals surface area contributed by atoms with Gasteiger partial charge >= 0.3 is 0 Å². The number of carbonyl (C=O) groups is 1. The quantitative estimate of drug-likeness (QED) is 0.661. The largest absolute Gasteiger partial charge is 0.307 e. The summed E-state index contributed by atoms with van der Waals surface area (Å²) in [6, 6.07) is 16.1. The summed E-state index contributed by atoms with van der Waals surface area (Å²) in [4.78, 5) is 12.6. The number of anilines is 1. The number of hydrogen-bond donors (Lipinski definition) is 1. The van der Waals surface area contributed by atoms with Crippen molar-refractivity contribution in [2.45, 2.75) is 25.4 Å². The van der Waals surface area contributed by atoms with Crippen LogP contribution >= 0.6 is 11.8 Å². The van der Waals surface area contributed by atoms with Gasteiger partial charge in [-0.05, 0) is 48.7 Å². The van der Waals surface area contributed by atoms with E-state index in [1.807, 2.05) is 52.9 Å². The monoisotopic (exact) mass is 375 g/mol. The van der Waals surface area contributed by atoms with E-state index in [2.05, 4.69) is 37.4 Å². The lowest BCUT2D eigenvalue weighted by Gasteiger charge is -2.11. The predicted octanol–water partition coefficient (Wildman–Crippen LogP) is 4.89. The van der Waals surface area contributed by atoms with E-state index in [-0.39, 0.29) is 5.91 Å². The van der Waals surface area contributed by atoms with Gasteiger partial charge in [-0.1, -0.05) is 36.4 Å². The number of amides is 1. The molecule has 1 aliphatic rings. The molecular formula is C22H21N3OS. The number of nitrogens with zero attached hydrogens (tertiary/aromatic N) is 2. The Bertz CT molecular complexity index is 1000. The topological polar surface area (TPSA) is 46.9 Å². The molecule has 0 saturated heterocycles. The Hall–Kier alpha value is -2.79. The van der Waals surface area contributed by atoms with Crippen LogP contribution < -0.4 is 5.32 Å². The van der Waals surface area contributed by atoms with Crippen molar-refractivity contribution in [3.63, 3.8) is 0 Å². The molecule has 0 aliphatic carbocycles. The molecule has 0 atom stereocenters. The van der Waals surface area contributed by atoms with Gasteiger partial charge in [0, 0.05) is 23.1 Å². The first kappa shape index (κ1) is 17.6. The molecule has 2 aromatic carbocycles. The number of aryl methyl sites for hydroxylation is 2. The van der Waals surface area contributed by atoms with Crippen LogP contribution in [0.15, 0.2) is 54.6 Å². The van der Waals surface area contributed by atoms with Crippen LogP contribution in [0.2, 0.25) is 0 Å². The Kier molecular flexibility index (Phi) is 4.86. The van der Waals surface area contributed by atoms with E-state index in [4.69, 9.17) is 5.10 Å². The molecular weight excluding hydrogens is 354 g/mol. The first-order chi connectivity index (χ1) is 13.1. The molecule has 2 heterocycles. The molecule has 4 nitrogen and oxygen atoms in total. The van der Waals surface area contributed by atoms with Gasteiger partial charge in [0.25, 0.3) is 0 Å². The van der Waals surface area contributed by atoms with Crippen LogP contribution in [0.4, 0.5) is 5.82 Å². The maximum Gasteiger partial charge on any atom is 0.249 e. The molecule has 1 N–H and O–H groups in total. The number of nitrogens with one attached hydrogen (secondary N) is 1. The summed E-state index contributed by atoms with van der Waals surface area (Å²) in [6.07, 6.45) is 3.39. The summed E-state index contributed by atoms with van der Waals surface area (Å²) < 4.78 is 1.87. The van der Waals surface area contributed by atoms with Crippen molar-refractivity contribution >= 4 is 29.6 Å². The van der Waals surface area contributed by atoms with Gasteiger partial charge in [0.2, 0.25) is 5.91 Å². The normalized spacial score (nSPS) is 13.1. The molecule has 3 aromatic rings. The number of carbonyl (C=O) groups excluding carboxylic acids is 1. The molecule has 136 valence electrons. The molecule has 1 amide bonds. The zero-order valence-electron chi connectivity index (χ0n) is 15.4. The first-order valence-electron chi connectivity index (χ1n) is 8.91. The van der Waals surface area contributed by atoms with Gasteiger partial charge in [0.15, 0.2) is 0 Å². The molecule has 5 heteroatoms. The van der Waals surface area contributed by atoms with Gasteiger partial charge in [0.05, 0.1) is 11.4 Å². The molecule has 0 radical (unpaired) electrons. The Balaban J connectivity index is 1.66. The van der Waals surface area contributed by atoms with E-state index in [0.717, 1.165) is 39.8 Å². The fourth-order valence-electron chi connectivity index (χ4n) is 3.30. The highest BCUT2D eigenvalue weighted by Gasteiger charge is 2.24. The molecule has 4 rings (SSSR count). The van der Waals surface area contributed by atoms with Crippen LogP contribution in [0, 0.1) is 13.8 Å². The van der Waals surface area contributed by atoms with Gasteiger partial charge < -0.3 is 5.32 Å². The minimum Gasteiger partial charge on any atom is -0.307 e. The lowest BCUT2D eigenvalue weighted by Crippen LogP contribution is -2.13. The lowest BCUT2D eigenvalue weighted by molar-refractivity contribution is -0.111. The van der Waals surface area contributed by atoms with Crippen LogP contribution in [0.3, 0.4) is 0 Å². The zero-order chi connectivity index (χ0) is 18.8. The summed E-state index contributed by atoms with van der Waals surface area (Å²) >= 11 is 1.83. The summed E-state index contributed by atoms with van der Waals surface area (Å²) in [6.45, 7) is 4.15. The van der Waals surface area contributed by atoms with E-state index < -0.39 is 0 Å². The molecule has 0 fully saturated rings. The van der Waals surface area contributed by atoms with Gasteiger partial charge in [0.1, 0.15) is 5.82 Å². The fraction of sp³-hybridized carbons (Fsp3) is 0.182. The van der Waals surface area contributed by atoms with Crippen LogP contribution in [0.25, 0.3) is 11.8 Å². The predicted molar refractivity (Wildman–Crippen MR) is 112 cm³/mol. The second kappa shape index (κ2) is 7.45. The highest BCUT2D eigenvalue weighted by Crippen LogP contribution is 2.36. The van der Waals surface area contributed by atoms with Gasteiger partial charge in [-0.25, -0.2) is 4.68 Å². The van der Waals surface area contributed by atoms with E-state index in [9.17, 15) is 4.79 Å². The minimum absolute atomic E-state index is 0.149. The van der Waals surface area contributed by atoms with Crippen LogP contribution in [-0.4, -0.2) is 15.7 Å². The molecule has 1 aliphatic heterocycles.